The van der Waals surface area contributed by atoms with Gasteiger partial charge >= 0.3 is 0 Å². The molecule has 1 atom stereocenters. The van der Waals surface area contributed by atoms with Gasteiger partial charge in [0.15, 0.2) is 0 Å². The highest BCUT2D eigenvalue weighted by molar-refractivity contribution is 5.47. The van der Waals surface area contributed by atoms with Crippen molar-refractivity contribution < 1.29 is 0 Å². The summed E-state index contributed by atoms with van der Waals surface area (Å²) in [4.78, 5) is 8.78. The number of rotatable bonds is 5. The van der Waals surface area contributed by atoms with Gasteiger partial charge in [-0.25, -0.2) is 9.97 Å². The largest absolute Gasteiger partial charge is 0.367 e. The van der Waals surface area contributed by atoms with Gasteiger partial charge in [0.25, 0.3) is 0 Å². The molecule has 1 aromatic rings. The highest BCUT2D eigenvalue weighted by atomic mass is 15.0. The first-order valence-electron chi connectivity index (χ1n) is 6.64. The third kappa shape index (κ3) is 2.94. The average Bonchev–Trinajstić information content (AvgIpc) is 2.38. The lowest BCUT2D eigenvalue weighted by Gasteiger charge is -2.22. The van der Waals surface area contributed by atoms with E-state index in [0.29, 0.717) is 6.04 Å². The van der Waals surface area contributed by atoms with Crippen LogP contribution in [0.15, 0.2) is 6.33 Å². The summed E-state index contributed by atoms with van der Waals surface area (Å²) in [6.45, 7) is 2.90. The number of nitrogens with two attached hydrogens (primary N) is 1. The summed E-state index contributed by atoms with van der Waals surface area (Å²) in [7, 11) is 0. The molecule has 1 heterocycles. The maximum absolute atomic E-state index is 5.62. The zero-order chi connectivity index (χ0) is 12.1. The Labute approximate surface area is 103 Å². The van der Waals surface area contributed by atoms with E-state index in [-0.39, 0.29) is 0 Å². The van der Waals surface area contributed by atoms with E-state index in [1.807, 2.05) is 0 Å². The molecule has 1 aliphatic rings. The number of aryl methyl sites for hydroxylation is 1. The van der Waals surface area contributed by atoms with Crippen molar-refractivity contribution in [1.82, 2.24) is 9.97 Å². The summed E-state index contributed by atoms with van der Waals surface area (Å²) >= 11 is 0. The van der Waals surface area contributed by atoms with Crippen LogP contribution in [0.25, 0.3) is 0 Å². The van der Waals surface area contributed by atoms with Gasteiger partial charge in [-0.05, 0) is 45.1 Å². The van der Waals surface area contributed by atoms with Crippen molar-refractivity contribution in [2.24, 2.45) is 5.73 Å². The van der Waals surface area contributed by atoms with Crippen LogP contribution in [0.4, 0.5) is 5.82 Å². The minimum atomic E-state index is 0.431. The smallest absolute Gasteiger partial charge is 0.133 e. The van der Waals surface area contributed by atoms with Gasteiger partial charge in [0, 0.05) is 17.3 Å². The van der Waals surface area contributed by atoms with Crippen LogP contribution >= 0.6 is 0 Å². The number of aromatic nitrogens is 2. The van der Waals surface area contributed by atoms with Crippen molar-refractivity contribution in [1.29, 1.82) is 0 Å². The summed E-state index contributed by atoms with van der Waals surface area (Å²) in [6, 6.07) is 0.431. The van der Waals surface area contributed by atoms with E-state index < -0.39 is 0 Å². The molecule has 0 saturated heterocycles. The first-order valence-corrected chi connectivity index (χ1v) is 6.64. The highest BCUT2D eigenvalue weighted by Gasteiger charge is 2.16. The van der Waals surface area contributed by atoms with Crippen molar-refractivity contribution in [2.75, 3.05) is 11.9 Å². The van der Waals surface area contributed by atoms with Crippen molar-refractivity contribution in [3.05, 3.63) is 17.6 Å². The van der Waals surface area contributed by atoms with Gasteiger partial charge < -0.3 is 11.1 Å². The minimum absolute atomic E-state index is 0.431. The Morgan fingerprint density at radius 1 is 1.35 bits per heavy atom. The van der Waals surface area contributed by atoms with E-state index in [2.05, 4.69) is 22.2 Å². The molecule has 1 aliphatic carbocycles. The number of anilines is 1. The molecular formula is C13H22N4. The summed E-state index contributed by atoms with van der Waals surface area (Å²) in [5.74, 6) is 1.04. The molecule has 4 heteroatoms. The molecule has 94 valence electrons. The Balaban J connectivity index is 2.14. The monoisotopic (exact) mass is 234 g/mol. The first-order chi connectivity index (χ1) is 8.35. The van der Waals surface area contributed by atoms with Gasteiger partial charge in [-0.1, -0.05) is 6.92 Å². The molecule has 0 amide bonds. The van der Waals surface area contributed by atoms with Crippen molar-refractivity contribution in [3.8, 4) is 0 Å². The fourth-order valence-corrected chi connectivity index (χ4v) is 2.42. The van der Waals surface area contributed by atoms with Gasteiger partial charge in [0.2, 0.25) is 0 Å². The lowest BCUT2D eigenvalue weighted by atomic mass is 9.96. The second kappa shape index (κ2) is 5.96. The second-order valence-electron chi connectivity index (χ2n) is 4.68. The van der Waals surface area contributed by atoms with Crippen molar-refractivity contribution in [2.45, 2.75) is 51.5 Å². The summed E-state index contributed by atoms with van der Waals surface area (Å²) in [6.07, 6.45) is 8.47. The van der Waals surface area contributed by atoms with E-state index in [1.54, 1.807) is 6.33 Å². The Bertz CT molecular complexity index is 364. The molecule has 0 bridgehead atoms. The predicted molar refractivity (Wildman–Crippen MR) is 70.0 cm³/mol. The normalized spacial score (nSPS) is 16.4. The number of hydrogen-bond donors (Lipinski definition) is 2. The molecule has 17 heavy (non-hydrogen) atoms. The molecule has 0 saturated carbocycles. The van der Waals surface area contributed by atoms with E-state index in [0.717, 1.165) is 38.0 Å². The molecule has 0 radical (unpaired) electrons. The second-order valence-corrected chi connectivity index (χ2v) is 4.68. The molecular weight excluding hydrogens is 212 g/mol. The fourth-order valence-electron chi connectivity index (χ4n) is 2.42. The summed E-state index contributed by atoms with van der Waals surface area (Å²) < 4.78 is 0. The standard InChI is InChI=1S/C13H22N4/c1-2-10(7-8-14)17-13-11-5-3-4-6-12(11)15-9-16-13/h9-10H,2-8,14H2,1H3,(H,15,16,17). The molecule has 1 unspecified atom stereocenters. The third-order valence-corrected chi connectivity index (χ3v) is 3.47. The maximum Gasteiger partial charge on any atom is 0.133 e. The molecule has 0 spiro atoms. The molecule has 1 aromatic heterocycles. The van der Waals surface area contributed by atoms with E-state index in [1.165, 1.54) is 24.1 Å². The number of fused-ring (bicyclic) bond motifs is 1. The quantitative estimate of drug-likeness (QED) is 0.816. The van der Waals surface area contributed by atoms with Crippen LogP contribution in [-0.2, 0) is 12.8 Å². The summed E-state index contributed by atoms with van der Waals surface area (Å²) in [5.41, 5.74) is 8.18. The number of nitrogens with zero attached hydrogens (tertiary/aromatic N) is 2. The highest BCUT2D eigenvalue weighted by Crippen LogP contribution is 2.25. The Hall–Kier alpha value is -1.16. The predicted octanol–water partition coefficient (Wildman–Crippen LogP) is 1.89. The Morgan fingerprint density at radius 3 is 2.94 bits per heavy atom. The average molecular weight is 234 g/mol. The first kappa shape index (κ1) is 12.3. The van der Waals surface area contributed by atoms with Crippen LogP contribution < -0.4 is 11.1 Å². The SMILES string of the molecule is CCC(CCN)Nc1ncnc2c1CCCC2. The zero-order valence-corrected chi connectivity index (χ0v) is 10.6. The Kier molecular flexibility index (Phi) is 4.31. The lowest BCUT2D eigenvalue weighted by molar-refractivity contribution is 0.627. The van der Waals surface area contributed by atoms with Crippen molar-refractivity contribution >= 4 is 5.82 Å². The van der Waals surface area contributed by atoms with Crippen LogP contribution in [0, 0.1) is 0 Å². The van der Waals surface area contributed by atoms with Gasteiger partial charge in [-0.15, -0.1) is 0 Å². The molecule has 0 aliphatic heterocycles. The third-order valence-electron chi connectivity index (χ3n) is 3.47. The molecule has 0 aromatic carbocycles. The Morgan fingerprint density at radius 2 is 2.18 bits per heavy atom. The molecule has 0 fully saturated rings. The molecule has 2 rings (SSSR count). The van der Waals surface area contributed by atoms with E-state index in [4.69, 9.17) is 5.73 Å². The number of hydrogen-bond acceptors (Lipinski definition) is 4. The minimum Gasteiger partial charge on any atom is -0.367 e. The van der Waals surface area contributed by atoms with Gasteiger partial charge in [-0.3, -0.25) is 0 Å². The van der Waals surface area contributed by atoms with E-state index >= 15 is 0 Å². The fraction of sp³-hybridized carbons (Fsp3) is 0.692. The topological polar surface area (TPSA) is 63.8 Å². The van der Waals surface area contributed by atoms with Crippen LogP contribution in [-0.4, -0.2) is 22.6 Å². The van der Waals surface area contributed by atoms with Gasteiger partial charge in [-0.2, -0.15) is 0 Å². The van der Waals surface area contributed by atoms with Crippen LogP contribution in [0.3, 0.4) is 0 Å². The van der Waals surface area contributed by atoms with Crippen LogP contribution in [0.2, 0.25) is 0 Å². The molecule has 3 N–H and O–H groups in total. The molecule has 4 nitrogen and oxygen atoms in total. The van der Waals surface area contributed by atoms with Gasteiger partial charge in [0.1, 0.15) is 12.1 Å². The lowest BCUT2D eigenvalue weighted by Crippen LogP contribution is -2.24. The van der Waals surface area contributed by atoms with Crippen molar-refractivity contribution in [3.63, 3.8) is 0 Å². The number of nitrogens with one attached hydrogen (secondary N) is 1. The van der Waals surface area contributed by atoms with E-state index in [9.17, 15) is 0 Å². The zero-order valence-electron chi connectivity index (χ0n) is 10.6. The van der Waals surface area contributed by atoms with Crippen LogP contribution in [0.5, 0.6) is 0 Å². The van der Waals surface area contributed by atoms with Crippen LogP contribution in [0.1, 0.15) is 43.9 Å². The summed E-state index contributed by atoms with van der Waals surface area (Å²) in [5, 5.41) is 3.53. The van der Waals surface area contributed by atoms with Gasteiger partial charge in [0.05, 0.1) is 0 Å². The maximum atomic E-state index is 5.62.